The van der Waals surface area contributed by atoms with E-state index in [-0.39, 0.29) is 17.2 Å². The van der Waals surface area contributed by atoms with Crippen molar-refractivity contribution in [3.63, 3.8) is 0 Å². The third kappa shape index (κ3) is 6.28. The molecule has 33 heavy (non-hydrogen) atoms. The SMILES string of the molecule is CC(=O)Nc1ccc(NC(=O)C(C)OC(=O)c2ccc(N3CCCCC3)c([N+](=O)[O-])c2)cc1. The average Bonchev–Trinajstić information content (AvgIpc) is 2.80. The Morgan fingerprint density at radius 2 is 1.61 bits per heavy atom. The van der Waals surface area contributed by atoms with Crippen LogP contribution < -0.4 is 15.5 Å². The second-order valence-electron chi connectivity index (χ2n) is 7.80. The van der Waals surface area contributed by atoms with E-state index >= 15 is 0 Å². The number of carbonyl (C=O) groups excluding carboxylic acids is 3. The molecule has 2 N–H and O–H groups in total. The molecule has 0 spiro atoms. The van der Waals surface area contributed by atoms with Crippen LogP contribution >= 0.6 is 0 Å². The molecule has 1 aliphatic rings. The number of hydrogen-bond donors (Lipinski definition) is 2. The van der Waals surface area contributed by atoms with Crippen LogP contribution in [0.15, 0.2) is 42.5 Å². The van der Waals surface area contributed by atoms with E-state index in [2.05, 4.69) is 10.6 Å². The van der Waals surface area contributed by atoms with Crippen LogP contribution in [0.3, 0.4) is 0 Å². The summed E-state index contributed by atoms with van der Waals surface area (Å²) in [6, 6.07) is 10.7. The maximum absolute atomic E-state index is 12.5. The summed E-state index contributed by atoms with van der Waals surface area (Å²) in [5.74, 6) is -1.60. The first-order valence-corrected chi connectivity index (χ1v) is 10.7. The number of piperidine rings is 1. The maximum atomic E-state index is 12.5. The van der Waals surface area contributed by atoms with Gasteiger partial charge in [0.15, 0.2) is 6.10 Å². The molecule has 1 fully saturated rings. The molecule has 1 heterocycles. The molecule has 0 bridgehead atoms. The first kappa shape index (κ1) is 23.7. The van der Waals surface area contributed by atoms with Crippen LogP contribution in [0, 0.1) is 10.1 Å². The molecule has 1 saturated heterocycles. The van der Waals surface area contributed by atoms with Crippen molar-refractivity contribution in [1.82, 2.24) is 0 Å². The second kappa shape index (κ2) is 10.6. The van der Waals surface area contributed by atoms with Gasteiger partial charge in [0, 0.05) is 37.5 Å². The average molecular weight is 454 g/mol. The smallest absolute Gasteiger partial charge is 0.339 e. The summed E-state index contributed by atoms with van der Waals surface area (Å²) in [6.45, 7) is 4.26. The number of ether oxygens (including phenoxy) is 1. The summed E-state index contributed by atoms with van der Waals surface area (Å²) in [4.78, 5) is 49.1. The fraction of sp³-hybridized carbons (Fsp3) is 0.348. The molecule has 0 aromatic heterocycles. The lowest BCUT2D eigenvalue weighted by molar-refractivity contribution is -0.384. The van der Waals surface area contributed by atoms with E-state index in [0.29, 0.717) is 17.1 Å². The van der Waals surface area contributed by atoms with Gasteiger partial charge in [-0.1, -0.05) is 0 Å². The second-order valence-corrected chi connectivity index (χ2v) is 7.80. The monoisotopic (exact) mass is 454 g/mol. The van der Waals surface area contributed by atoms with Crippen LogP contribution in [0.1, 0.15) is 43.5 Å². The van der Waals surface area contributed by atoms with E-state index in [1.165, 1.54) is 26.0 Å². The molecule has 10 nitrogen and oxygen atoms in total. The van der Waals surface area contributed by atoms with Gasteiger partial charge in [0.1, 0.15) is 5.69 Å². The molecule has 2 aromatic carbocycles. The Hall–Kier alpha value is -3.95. The number of nitrogens with one attached hydrogen (secondary N) is 2. The Balaban J connectivity index is 1.64. The summed E-state index contributed by atoms with van der Waals surface area (Å²) in [6.07, 6.45) is 1.88. The van der Waals surface area contributed by atoms with Gasteiger partial charge in [-0.05, 0) is 62.6 Å². The number of carbonyl (C=O) groups is 3. The van der Waals surface area contributed by atoms with Crippen LogP contribution in [0.4, 0.5) is 22.7 Å². The van der Waals surface area contributed by atoms with E-state index in [4.69, 9.17) is 4.74 Å². The molecule has 0 saturated carbocycles. The summed E-state index contributed by atoms with van der Waals surface area (Å²) >= 11 is 0. The predicted octanol–water partition coefficient (Wildman–Crippen LogP) is 3.73. The Bertz CT molecular complexity index is 1050. The molecule has 0 aliphatic carbocycles. The Kier molecular flexibility index (Phi) is 7.60. The minimum Gasteiger partial charge on any atom is -0.449 e. The standard InChI is InChI=1S/C23H26N4O6/c1-15(22(29)25-19-9-7-18(8-10-19)24-16(2)28)33-23(30)17-6-11-20(21(14-17)27(31)32)26-12-4-3-5-13-26/h6-11,14-15H,3-5,12-13H2,1-2H3,(H,24,28)(H,25,29). The molecule has 1 aliphatic heterocycles. The number of nitro groups is 1. The Morgan fingerprint density at radius 1 is 1.00 bits per heavy atom. The molecule has 10 heteroatoms. The number of nitrogens with zero attached hydrogens (tertiary/aromatic N) is 2. The fourth-order valence-electron chi connectivity index (χ4n) is 3.57. The summed E-state index contributed by atoms with van der Waals surface area (Å²) in [7, 11) is 0. The van der Waals surface area contributed by atoms with Gasteiger partial charge >= 0.3 is 5.97 Å². The molecule has 2 aromatic rings. The highest BCUT2D eigenvalue weighted by Gasteiger charge is 2.25. The number of amides is 2. The highest BCUT2D eigenvalue weighted by atomic mass is 16.6. The molecule has 0 radical (unpaired) electrons. The fourth-order valence-corrected chi connectivity index (χ4v) is 3.57. The van der Waals surface area contributed by atoms with Gasteiger partial charge in [-0.15, -0.1) is 0 Å². The quantitative estimate of drug-likeness (QED) is 0.370. The minimum atomic E-state index is -1.13. The molecule has 1 unspecified atom stereocenters. The zero-order chi connectivity index (χ0) is 24.0. The normalized spacial score (nSPS) is 14.2. The number of hydrogen-bond acceptors (Lipinski definition) is 7. The molecular formula is C23H26N4O6. The van der Waals surface area contributed by atoms with Gasteiger partial charge in [0.2, 0.25) is 5.91 Å². The third-order valence-electron chi connectivity index (χ3n) is 5.23. The topological polar surface area (TPSA) is 131 Å². The first-order valence-electron chi connectivity index (χ1n) is 10.7. The number of esters is 1. The van der Waals surface area contributed by atoms with E-state index in [1.54, 1.807) is 30.3 Å². The van der Waals surface area contributed by atoms with Crippen molar-refractivity contribution in [2.24, 2.45) is 0 Å². The highest BCUT2D eigenvalue weighted by molar-refractivity contribution is 5.98. The van der Waals surface area contributed by atoms with Crippen molar-refractivity contribution in [3.8, 4) is 0 Å². The van der Waals surface area contributed by atoms with Gasteiger partial charge in [-0.3, -0.25) is 19.7 Å². The lowest BCUT2D eigenvalue weighted by Crippen LogP contribution is -2.31. The van der Waals surface area contributed by atoms with Crippen LogP contribution in [-0.4, -0.2) is 41.9 Å². The summed E-state index contributed by atoms with van der Waals surface area (Å²) in [5.41, 5.74) is 1.35. The molecule has 1 atom stereocenters. The highest BCUT2D eigenvalue weighted by Crippen LogP contribution is 2.31. The Morgan fingerprint density at radius 3 is 2.18 bits per heavy atom. The number of benzene rings is 2. The van der Waals surface area contributed by atoms with E-state index in [1.807, 2.05) is 4.90 Å². The van der Waals surface area contributed by atoms with Crippen LogP contribution in [0.5, 0.6) is 0 Å². The summed E-state index contributed by atoms with van der Waals surface area (Å²) < 4.78 is 5.22. The van der Waals surface area contributed by atoms with Gasteiger partial charge in [-0.2, -0.15) is 0 Å². The first-order chi connectivity index (χ1) is 15.7. The van der Waals surface area contributed by atoms with Crippen molar-refractivity contribution >= 4 is 40.5 Å². The maximum Gasteiger partial charge on any atom is 0.339 e. The summed E-state index contributed by atoms with van der Waals surface area (Å²) in [5, 5.41) is 16.8. The molecule has 3 rings (SSSR count). The number of nitro benzene ring substituents is 1. The van der Waals surface area contributed by atoms with Crippen molar-refractivity contribution in [2.45, 2.75) is 39.2 Å². The van der Waals surface area contributed by atoms with Crippen LogP contribution in [0.2, 0.25) is 0 Å². The number of rotatable bonds is 7. The lowest BCUT2D eigenvalue weighted by atomic mass is 10.1. The van der Waals surface area contributed by atoms with Crippen molar-refractivity contribution in [3.05, 3.63) is 58.1 Å². The third-order valence-corrected chi connectivity index (χ3v) is 5.23. The lowest BCUT2D eigenvalue weighted by Gasteiger charge is -2.28. The van der Waals surface area contributed by atoms with Gasteiger partial charge in [0.05, 0.1) is 10.5 Å². The van der Waals surface area contributed by atoms with Crippen LogP contribution in [-0.2, 0) is 14.3 Å². The zero-order valence-corrected chi connectivity index (χ0v) is 18.5. The van der Waals surface area contributed by atoms with Gasteiger partial charge in [0.25, 0.3) is 11.6 Å². The molecule has 2 amide bonds. The van der Waals surface area contributed by atoms with Crippen molar-refractivity contribution in [2.75, 3.05) is 28.6 Å². The predicted molar refractivity (Wildman–Crippen MR) is 123 cm³/mol. The molecule has 174 valence electrons. The van der Waals surface area contributed by atoms with E-state index < -0.39 is 22.9 Å². The largest absolute Gasteiger partial charge is 0.449 e. The van der Waals surface area contributed by atoms with E-state index in [9.17, 15) is 24.5 Å². The number of anilines is 3. The zero-order valence-electron chi connectivity index (χ0n) is 18.5. The van der Waals surface area contributed by atoms with E-state index in [0.717, 1.165) is 32.4 Å². The Labute approximate surface area is 191 Å². The minimum absolute atomic E-state index is 0.00164. The van der Waals surface area contributed by atoms with Gasteiger partial charge < -0.3 is 20.3 Å². The van der Waals surface area contributed by atoms with Crippen molar-refractivity contribution in [1.29, 1.82) is 0 Å². The molecular weight excluding hydrogens is 428 g/mol. The van der Waals surface area contributed by atoms with Crippen molar-refractivity contribution < 1.29 is 24.0 Å². The van der Waals surface area contributed by atoms with Crippen LogP contribution in [0.25, 0.3) is 0 Å². The van der Waals surface area contributed by atoms with Gasteiger partial charge in [-0.25, -0.2) is 4.79 Å².